The summed E-state index contributed by atoms with van der Waals surface area (Å²) in [6, 6.07) is 6.40. The van der Waals surface area contributed by atoms with Crippen molar-refractivity contribution in [3.05, 3.63) is 29.3 Å². The third-order valence-electron chi connectivity index (χ3n) is 5.97. The molecule has 1 heterocycles. The number of nitrogens with one attached hydrogen (secondary N) is 1. The van der Waals surface area contributed by atoms with E-state index >= 15 is 0 Å². The zero-order valence-corrected chi connectivity index (χ0v) is 17.1. The molecule has 1 saturated heterocycles. The molecule has 27 heavy (non-hydrogen) atoms. The van der Waals surface area contributed by atoms with Gasteiger partial charge in [-0.05, 0) is 49.8 Å². The van der Waals surface area contributed by atoms with E-state index < -0.39 is 0 Å². The SMILES string of the molecule is Cc1cccc(N2CCN(C(=O)C3CC3C(=O)NCCC(C)C)CC2)c1C. The van der Waals surface area contributed by atoms with Crippen molar-refractivity contribution in [2.75, 3.05) is 37.6 Å². The topological polar surface area (TPSA) is 52.7 Å². The van der Waals surface area contributed by atoms with Crippen molar-refractivity contribution < 1.29 is 9.59 Å². The molecule has 1 aromatic rings. The molecule has 0 radical (unpaired) electrons. The van der Waals surface area contributed by atoms with Crippen molar-refractivity contribution in [2.45, 2.75) is 40.5 Å². The average Bonchev–Trinajstić information content (AvgIpc) is 3.44. The van der Waals surface area contributed by atoms with Crippen LogP contribution < -0.4 is 10.2 Å². The van der Waals surface area contributed by atoms with Gasteiger partial charge in [-0.25, -0.2) is 0 Å². The van der Waals surface area contributed by atoms with Crippen LogP contribution in [0.25, 0.3) is 0 Å². The molecule has 2 aliphatic rings. The highest BCUT2D eigenvalue weighted by Gasteiger charge is 2.49. The van der Waals surface area contributed by atoms with Crippen molar-refractivity contribution in [3.63, 3.8) is 0 Å². The summed E-state index contributed by atoms with van der Waals surface area (Å²) in [5, 5.41) is 2.99. The number of carbonyl (C=O) groups is 2. The maximum atomic E-state index is 12.7. The summed E-state index contributed by atoms with van der Waals surface area (Å²) in [6.45, 7) is 12.5. The van der Waals surface area contributed by atoms with Crippen molar-refractivity contribution in [1.29, 1.82) is 0 Å². The van der Waals surface area contributed by atoms with Crippen LogP contribution >= 0.6 is 0 Å². The molecule has 1 saturated carbocycles. The zero-order chi connectivity index (χ0) is 19.6. The smallest absolute Gasteiger partial charge is 0.226 e. The number of piperazine rings is 1. The average molecular weight is 372 g/mol. The van der Waals surface area contributed by atoms with Gasteiger partial charge in [-0.2, -0.15) is 0 Å². The third kappa shape index (κ3) is 4.63. The van der Waals surface area contributed by atoms with E-state index in [1.165, 1.54) is 16.8 Å². The first-order chi connectivity index (χ1) is 12.9. The van der Waals surface area contributed by atoms with Gasteiger partial charge in [-0.3, -0.25) is 9.59 Å². The largest absolute Gasteiger partial charge is 0.368 e. The Balaban J connectivity index is 1.47. The van der Waals surface area contributed by atoms with Crippen LogP contribution in [0.4, 0.5) is 5.69 Å². The van der Waals surface area contributed by atoms with E-state index in [9.17, 15) is 9.59 Å². The number of benzene rings is 1. The lowest BCUT2D eigenvalue weighted by molar-refractivity contribution is -0.135. The minimum absolute atomic E-state index is 0.0584. The molecule has 2 fully saturated rings. The summed E-state index contributed by atoms with van der Waals surface area (Å²) >= 11 is 0. The Kier molecular flexibility index (Phi) is 6.08. The first-order valence-electron chi connectivity index (χ1n) is 10.3. The molecule has 0 aromatic heterocycles. The van der Waals surface area contributed by atoms with Crippen LogP contribution in [0.2, 0.25) is 0 Å². The van der Waals surface area contributed by atoms with Gasteiger partial charge in [-0.15, -0.1) is 0 Å². The zero-order valence-electron chi connectivity index (χ0n) is 17.1. The minimum atomic E-state index is -0.110. The van der Waals surface area contributed by atoms with Crippen molar-refractivity contribution in [2.24, 2.45) is 17.8 Å². The van der Waals surface area contributed by atoms with E-state index in [0.717, 1.165) is 32.6 Å². The van der Waals surface area contributed by atoms with Crippen LogP contribution in [0.5, 0.6) is 0 Å². The molecule has 3 rings (SSSR count). The van der Waals surface area contributed by atoms with E-state index in [1.54, 1.807) is 0 Å². The maximum absolute atomic E-state index is 12.7. The number of anilines is 1. The summed E-state index contributed by atoms with van der Waals surface area (Å²) in [5.74, 6) is 0.593. The number of hydrogen-bond acceptors (Lipinski definition) is 3. The second-order valence-corrected chi connectivity index (χ2v) is 8.45. The Morgan fingerprint density at radius 2 is 1.81 bits per heavy atom. The Morgan fingerprint density at radius 3 is 2.48 bits per heavy atom. The van der Waals surface area contributed by atoms with Crippen LogP contribution in [0.15, 0.2) is 18.2 Å². The number of hydrogen-bond donors (Lipinski definition) is 1. The first kappa shape index (κ1) is 19.7. The van der Waals surface area contributed by atoms with Crippen LogP contribution in [-0.4, -0.2) is 49.4 Å². The van der Waals surface area contributed by atoms with E-state index in [4.69, 9.17) is 0 Å². The maximum Gasteiger partial charge on any atom is 0.226 e. The summed E-state index contributed by atoms with van der Waals surface area (Å²) in [7, 11) is 0. The summed E-state index contributed by atoms with van der Waals surface area (Å²) in [5.41, 5.74) is 3.89. The third-order valence-corrected chi connectivity index (χ3v) is 5.97. The normalized spacial score (nSPS) is 22.1. The van der Waals surface area contributed by atoms with Crippen LogP contribution in [-0.2, 0) is 9.59 Å². The molecule has 1 aliphatic carbocycles. The van der Waals surface area contributed by atoms with Crippen molar-refractivity contribution >= 4 is 17.5 Å². The van der Waals surface area contributed by atoms with E-state index in [2.05, 4.69) is 56.1 Å². The summed E-state index contributed by atoms with van der Waals surface area (Å²) < 4.78 is 0. The van der Waals surface area contributed by atoms with Crippen molar-refractivity contribution in [3.8, 4) is 0 Å². The molecule has 2 unspecified atom stereocenters. The Hall–Kier alpha value is -2.04. The monoisotopic (exact) mass is 371 g/mol. The highest BCUT2D eigenvalue weighted by atomic mass is 16.2. The summed E-state index contributed by atoms with van der Waals surface area (Å²) in [6.07, 6.45) is 1.70. The lowest BCUT2D eigenvalue weighted by Crippen LogP contribution is -2.49. The molecule has 5 heteroatoms. The van der Waals surface area contributed by atoms with Gasteiger partial charge in [-0.1, -0.05) is 26.0 Å². The highest BCUT2D eigenvalue weighted by Crippen LogP contribution is 2.40. The first-order valence-corrected chi connectivity index (χ1v) is 10.3. The van der Waals surface area contributed by atoms with Gasteiger partial charge >= 0.3 is 0 Å². The Morgan fingerprint density at radius 1 is 1.11 bits per heavy atom. The molecule has 2 atom stereocenters. The second kappa shape index (κ2) is 8.32. The molecule has 1 aliphatic heterocycles. The predicted molar refractivity (Wildman–Crippen MR) is 109 cm³/mol. The number of carbonyl (C=O) groups excluding carboxylic acids is 2. The molecule has 2 amide bonds. The number of aryl methyl sites for hydroxylation is 1. The molecule has 5 nitrogen and oxygen atoms in total. The quantitative estimate of drug-likeness (QED) is 0.837. The number of amides is 2. The molecule has 148 valence electrons. The van der Waals surface area contributed by atoms with Gasteiger partial charge in [0.2, 0.25) is 11.8 Å². The van der Waals surface area contributed by atoms with Gasteiger partial charge in [0.15, 0.2) is 0 Å². The van der Waals surface area contributed by atoms with Crippen molar-refractivity contribution in [1.82, 2.24) is 10.2 Å². The highest BCUT2D eigenvalue weighted by molar-refractivity contribution is 5.92. The Bertz CT molecular complexity index is 693. The van der Waals surface area contributed by atoms with Gasteiger partial charge in [0, 0.05) is 38.4 Å². The van der Waals surface area contributed by atoms with Gasteiger partial charge < -0.3 is 15.1 Å². The second-order valence-electron chi connectivity index (χ2n) is 8.45. The fourth-order valence-electron chi connectivity index (χ4n) is 3.85. The fraction of sp³-hybridized carbons (Fsp3) is 0.636. The molecular formula is C22H33N3O2. The molecule has 1 N–H and O–H groups in total. The molecule has 0 bridgehead atoms. The van der Waals surface area contributed by atoms with Gasteiger partial charge in [0.1, 0.15) is 0 Å². The Labute approximate surface area is 163 Å². The van der Waals surface area contributed by atoms with E-state index in [0.29, 0.717) is 18.9 Å². The van der Waals surface area contributed by atoms with Crippen LogP contribution in [0, 0.1) is 31.6 Å². The van der Waals surface area contributed by atoms with Crippen LogP contribution in [0.3, 0.4) is 0 Å². The standard InChI is InChI=1S/C22H33N3O2/c1-15(2)8-9-23-21(26)18-14-19(18)22(27)25-12-10-24(11-13-25)20-7-5-6-16(3)17(20)4/h5-7,15,18-19H,8-14H2,1-4H3,(H,23,26). The fourth-order valence-corrected chi connectivity index (χ4v) is 3.85. The van der Waals surface area contributed by atoms with Crippen LogP contribution in [0.1, 0.15) is 37.8 Å². The molecular weight excluding hydrogens is 338 g/mol. The van der Waals surface area contributed by atoms with Gasteiger partial charge in [0.05, 0.1) is 11.8 Å². The lowest BCUT2D eigenvalue weighted by Gasteiger charge is -2.37. The van der Waals surface area contributed by atoms with E-state index in [1.807, 2.05) is 4.90 Å². The predicted octanol–water partition coefficient (Wildman–Crippen LogP) is 2.75. The number of rotatable bonds is 6. The summed E-state index contributed by atoms with van der Waals surface area (Å²) in [4.78, 5) is 29.3. The number of nitrogens with zero attached hydrogens (tertiary/aromatic N) is 2. The minimum Gasteiger partial charge on any atom is -0.368 e. The van der Waals surface area contributed by atoms with Gasteiger partial charge in [0.25, 0.3) is 0 Å². The van der Waals surface area contributed by atoms with E-state index in [-0.39, 0.29) is 23.7 Å². The molecule has 1 aromatic carbocycles. The molecule has 0 spiro atoms. The lowest BCUT2D eigenvalue weighted by atomic mass is 10.1.